The number of alkyl halides is 3. The van der Waals surface area contributed by atoms with Crippen molar-refractivity contribution in [3.8, 4) is 0 Å². The molecule has 4 nitrogen and oxygen atoms in total. The number of aliphatic carboxylic acids is 1. The van der Waals surface area contributed by atoms with Crippen LogP contribution in [-0.4, -0.2) is 29.2 Å². The number of benzene rings is 1. The molecule has 23 heavy (non-hydrogen) atoms. The molecule has 126 valence electrons. The van der Waals surface area contributed by atoms with E-state index in [9.17, 15) is 31.5 Å². The van der Waals surface area contributed by atoms with Crippen LogP contribution in [0.5, 0.6) is 0 Å². The molecule has 0 spiro atoms. The fourth-order valence-electron chi connectivity index (χ4n) is 2.35. The van der Waals surface area contributed by atoms with Gasteiger partial charge < -0.3 is 10.4 Å². The Hall–Kier alpha value is -2.19. The Morgan fingerprint density at radius 2 is 1.96 bits per heavy atom. The molecular formula is C14H12F5NO3. The van der Waals surface area contributed by atoms with Crippen LogP contribution in [0.15, 0.2) is 18.2 Å². The van der Waals surface area contributed by atoms with E-state index < -0.39 is 54.0 Å². The lowest BCUT2D eigenvalue weighted by molar-refractivity contribution is -0.160. The normalized spacial score (nSPS) is 21.6. The zero-order valence-corrected chi connectivity index (χ0v) is 11.5. The molecule has 9 heteroatoms. The van der Waals surface area contributed by atoms with E-state index in [0.29, 0.717) is 0 Å². The smallest absolute Gasteiger partial charge is 0.391 e. The number of hydrogen-bond acceptors (Lipinski definition) is 2. The van der Waals surface area contributed by atoms with Crippen molar-refractivity contribution in [3.63, 3.8) is 0 Å². The van der Waals surface area contributed by atoms with Crippen LogP contribution < -0.4 is 5.32 Å². The van der Waals surface area contributed by atoms with E-state index in [0.717, 1.165) is 6.07 Å². The summed E-state index contributed by atoms with van der Waals surface area (Å²) in [6.45, 7) is 0. The highest BCUT2D eigenvalue weighted by Gasteiger charge is 2.47. The number of rotatable bonds is 5. The maximum atomic E-state index is 13.6. The number of carboxylic acid groups (broad SMARTS) is 1. The number of amides is 1. The van der Waals surface area contributed by atoms with Crippen molar-refractivity contribution in [1.82, 2.24) is 5.32 Å². The van der Waals surface area contributed by atoms with Crippen molar-refractivity contribution >= 4 is 11.9 Å². The average Bonchev–Trinajstić information content (AvgIpc) is 3.19. The molecule has 3 atom stereocenters. The summed E-state index contributed by atoms with van der Waals surface area (Å²) >= 11 is 0. The molecule has 1 saturated carbocycles. The molecule has 1 fully saturated rings. The van der Waals surface area contributed by atoms with Crippen LogP contribution in [0.25, 0.3) is 0 Å². The molecule has 0 aromatic heterocycles. The van der Waals surface area contributed by atoms with E-state index >= 15 is 0 Å². The fourth-order valence-corrected chi connectivity index (χ4v) is 2.35. The summed E-state index contributed by atoms with van der Waals surface area (Å²) in [5.41, 5.74) is -0.0483. The molecule has 1 aromatic carbocycles. The van der Waals surface area contributed by atoms with Crippen LogP contribution in [0.1, 0.15) is 24.3 Å². The van der Waals surface area contributed by atoms with Gasteiger partial charge >= 0.3 is 12.1 Å². The van der Waals surface area contributed by atoms with Gasteiger partial charge in [0.25, 0.3) is 0 Å². The van der Waals surface area contributed by atoms with Crippen molar-refractivity contribution < 1.29 is 36.6 Å². The first-order valence-corrected chi connectivity index (χ1v) is 6.64. The van der Waals surface area contributed by atoms with Crippen molar-refractivity contribution in [2.75, 3.05) is 0 Å². The second-order valence-corrected chi connectivity index (χ2v) is 5.31. The largest absolute Gasteiger partial charge is 0.480 e. The first-order chi connectivity index (χ1) is 10.6. The Morgan fingerprint density at radius 1 is 1.30 bits per heavy atom. The van der Waals surface area contributed by atoms with Gasteiger partial charge in [-0.1, -0.05) is 12.1 Å². The van der Waals surface area contributed by atoms with Gasteiger partial charge in [0.1, 0.15) is 6.04 Å². The molecule has 0 radical (unpaired) electrons. The Morgan fingerprint density at radius 3 is 2.52 bits per heavy atom. The molecule has 0 aliphatic heterocycles. The lowest BCUT2D eigenvalue weighted by Gasteiger charge is -2.16. The maximum absolute atomic E-state index is 13.6. The molecule has 0 heterocycles. The van der Waals surface area contributed by atoms with Crippen LogP contribution in [0.4, 0.5) is 22.0 Å². The third-order valence-electron chi connectivity index (χ3n) is 3.56. The molecule has 1 aromatic rings. The van der Waals surface area contributed by atoms with Crippen molar-refractivity contribution in [2.24, 2.45) is 5.92 Å². The van der Waals surface area contributed by atoms with Crippen LogP contribution in [0.3, 0.4) is 0 Å². The molecule has 0 saturated heterocycles. The summed E-state index contributed by atoms with van der Waals surface area (Å²) in [4.78, 5) is 22.6. The van der Waals surface area contributed by atoms with Gasteiger partial charge in [-0.25, -0.2) is 13.6 Å². The van der Waals surface area contributed by atoms with Crippen molar-refractivity contribution in [2.45, 2.75) is 31.0 Å². The summed E-state index contributed by atoms with van der Waals surface area (Å²) in [5.74, 6) is -6.49. The lowest BCUT2D eigenvalue weighted by Crippen LogP contribution is -2.44. The van der Waals surface area contributed by atoms with E-state index in [1.165, 1.54) is 12.1 Å². The lowest BCUT2D eigenvalue weighted by atomic mass is 10.1. The van der Waals surface area contributed by atoms with Crippen molar-refractivity contribution in [1.29, 1.82) is 0 Å². The number of carboxylic acids is 1. The van der Waals surface area contributed by atoms with E-state index in [1.807, 2.05) is 0 Å². The number of hydrogen-bond donors (Lipinski definition) is 2. The standard InChI is InChI=1S/C14H12F5NO3/c15-9-3-1-2-6(11(9)16)7-4-8(7)12(21)20-10(13(22)23)5-14(17,18)19/h1-3,7-8,10H,4-5H2,(H,20,21)(H,22,23). The minimum absolute atomic E-state index is 0.0483. The first kappa shape index (κ1) is 17.2. The zero-order chi connectivity index (χ0) is 17.4. The van der Waals surface area contributed by atoms with Crippen LogP contribution >= 0.6 is 0 Å². The van der Waals surface area contributed by atoms with E-state index in [4.69, 9.17) is 5.11 Å². The minimum atomic E-state index is -4.76. The van der Waals surface area contributed by atoms with Gasteiger partial charge in [-0.05, 0) is 24.0 Å². The highest BCUT2D eigenvalue weighted by atomic mass is 19.4. The van der Waals surface area contributed by atoms with Gasteiger partial charge in [-0.15, -0.1) is 0 Å². The highest BCUT2D eigenvalue weighted by molar-refractivity contribution is 5.87. The highest BCUT2D eigenvalue weighted by Crippen LogP contribution is 2.48. The van der Waals surface area contributed by atoms with Crippen LogP contribution in [-0.2, 0) is 9.59 Å². The van der Waals surface area contributed by atoms with Gasteiger partial charge in [0.05, 0.1) is 6.42 Å². The monoisotopic (exact) mass is 337 g/mol. The minimum Gasteiger partial charge on any atom is -0.480 e. The first-order valence-electron chi connectivity index (χ1n) is 6.64. The van der Waals surface area contributed by atoms with E-state index in [-0.39, 0.29) is 12.0 Å². The predicted molar refractivity (Wildman–Crippen MR) is 67.4 cm³/mol. The van der Waals surface area contributed by atoms with Crippen LogP contribution in [0, 0.1) is 17.6 Å². The Kier molecular flexibility index (Phi) is 4.58. The van der Waals surface area contributed by atoms with Gasteiger partial charge in [0.2, 0.25) is 5.91 Å². The maximum Gasteiger partial charge on any atom is 0.391 e. The molecule has 0 bridgehead atoms. The Balaban J connectivity index is 2.02. The van der Waals surface area contributed by atoms with Crippen LogP contribution in [0.2, 0.25) is 0 Å². The summed E-state index contributed by atoms with van der Waals surface area (Å²) in [6, 6.07) is 1.33. The van der Waals surface area contributed by atoms with Gasteiger partial charge in [-0.2, -0.15) is 13.2 Å². The summed E-state index contributed by atoms with van der Waals surface area (Å²) in [7, 11) is 0. The van der Waals surface area contributed by atoms with Gasteiger partial charge in [0, 0.05) is 5.92 Å². The van der Waals surface area contributed by atoms with Gasteiger partial charge in [0.15, 0.2) is 11.6 Å². The quantitative estimate of drug-likeness (QED) is 0.812. The van der Waals surface area contributed by atoms with E-state index in [1.54, 1.807) is 5.32 Å². The number of carbonyl (C=O) groups excluding carboxylic acids is 1. The Labute approximate surface area is 127 Å². The summed E-state index contributed by atoms with van der Waals surface area (Å²) in [5, 5.41) is 10.5. The van der Waals surface area contributed by atoms with E-state index in [2.05, 4.69) is 0 Å². The number of halogens is 5. The predicted octanol–water partition coefficient (Wildman–Crippen LogP) is 2.59. The second kappa shape index (κ2) is 6.13. The number of nitrogens with one attached hydrogen (secondary N) is 1. The third kappa shape index (κ3) is 4.17. The SMILES string of the molecule is O=C(O)C(CC(F)(F)F)NC(=O)C1CC1c1cccc(F)c1F. The summed E-state index contributed by atoms with van der Waals surface area (Å²) < 4.78 is 63.5. The molecule has 1 aliphatic carbocycles. The summed E-state index contributed by atoms with van der Waals surface area (Å²) in [6.07, 6.45) is -6.35. The Bertz CT molecular complexity index is 631. The third-order valence-corrected chi connectivity index (χ3v) is 3.56. The molecule has 3 unspecified atom stereocenters. The zero-order valence-electron chi connectivity index (χ0n) is 11.5. The molecule has 1 amide bonds. The molecule has 2 N–H and O–H groups in total. The van der Waals surface area contributed by atoms with Crippen molar-refractivity contribution in [3.05, 3.63) is 35.4 Å². The topological polar surface area (TPSA) is 66.4 Å². The molecular weight excluding hydrogens is 325 g/mol. The number of carbonyl (C=O) groups is 2. The fraction of sp³-hybridized carbons (Fsp3) is 0.429. The molecule has 2 rings (SSSR count). The molecule has 1 aliphatic rings. The van der Waals surface area contributed by atoms with Gasteiger partial charge in [-0.3, -0.25) is 4.79 Å². The average molecular weight is 337 g/mol. The second-order valence-electron chi connectivity index (χ2n) is 5.31.